The largest absolute Gasteiger partial charge is 0.493 e. The zero-order chi connectivity index (χ0) is 21.7. The Bertz CT molecular complexity index is 835. The summed E-state index contributed by atoms with van der Waals surface area (Å²) in [5.41, 5.74) is 2.12. The van der Waals surface area contributed by atoms with Crippen molar-refractivity contribution in [1.29, 1.82) is 5.41 Å². The van der Waals surface area contributed by atoms with Crippen molar-refractivity contribution in [2.75, 3.05) is 45.3 Å². The number of nitrogens with zero attached hydrogens (tertiary/aromatic N) is 3. The zero-order valence-electron chi connectivity index (χ0n) is 18.3. The number of amidine groups is 1. The predicted molar refractivity (Wildman–Crippen MR) is 121 cm³/mol. The number of hydrogen-bond acceptors (Lipinski definition) is 6. The molecular formula is C23H33N5O2. The molecule has 7 heteroatoms. The highest BCUT2D eigenvalue weighted by molar-refractivity contribution is 5.86. The normalized spacial score (nSPS) is 15.7. The molecule has 1 heterocycles. The van der Waals surface area contributed by atoms with Gasteiger partial charge in [-0.25, -0.2) is 5.84 Å². The molecule has 1 saturated heterocycles. The summed E-state index contributed by atoms with van der Waals surface area (Å²) in [6.07, 6.45) is 0. The Labute approximate surface area is 179 Å². The van der Waals surface area contributed by atoms with Crippen molar-refractivity contribution in [2.24, 2.45) is 5.84 Å². The van der Waals surface area contributed by atoms with Gasteiger partial charge in [0, 0.05) is 43.5 Å². The third-order valence-electron chi connectivity index (χ3n) is 5.62. The molecule has 1 fully saturated rings. The van der Waals surface area contributed by atoms with Gasteiger partial charge in [0.25, 0.3) is 0 Å². The molecule has 3 N–H and O–H groups in total. The first-order valence-corrected chi connectivity index (χ1v) is 10.3. The third-order valence-corrected chi connectivity index (χ3v) is 5.62. The monoisotopic (exact) mass is 411 g/mol. The minimum Gasteiger partial charge on any atom is -0.493 e. The van der Waals surface area contributed by atoms with Crippen molar-refractivity contribution in [2.45, 2.75) is 25.9 Å². The summed E-state index contributed by atoms with van der Waals surface area (Å²) in [7, 11) is 3.27. The van der Waals surface area contributed by atoms with Crippen molar-refractivity contribution in [3.63, 3.8) is 0 Å². The number of para-hydroxylation sites is 2. The average Bonchev–Trinajstić information content (AvgIpc) is 2.79. The molecule has 1 atom stereocenters. The topological polar surface area (TPSA) is 78.0 Å². The molecule has 0 aromatic heterocycles. The second kappa shape index (κ2) is 9.82. The number of anilines is 1. The van der Waals surface area contributed by atoms with E-state index in [1.165, 1.54) is 10.7 Å². The van der Waals surface area contributed by atoms with E-state index in [4.69, 9.17) is 20.7 Å². The molecule has 3 rings (SSSR count). The van der Waals surface area contributed by atoms with Crippen LogP contribution in [0.15, 0.2) is 48.5 Å². The molecule has 2 aromatic rings. The van der Waals surface area contributed by atoms with E-state index < -0.39 is 0 Å². The lowest BCUT2D eigenvalue weighted by atomic mass is 10.00. The Kier molecular flexibility index (Phi) is 7.18. The fourth-order valence-electron chi connectivity index (χ4n) is 3.94. The van der Waals surface area contributed by atoms with Gasteiger partial charge in [-0.2, -0.15) is 0 Å². The molecule has 7 nitrogen and oxygen atoms in total. The van der Waals surface area contributed by atoms with Crippen LogP contribution in [-0.2, 0) is 0 Å². The average molecular weight is 412 g/mol. The maximum absolute atomic E-state index is 8.92. The van der Waals surface area contributed by atoms with Crippen LogP contribution >= 0.6 is 0 Å². The maximum Gasteiger partial charge on any atom is 0.165 e. The van der Waals surface area contributed by atoms with Gasteiger partial charge in [-0.05, 0) is 32.0 Å². The van der Waals surface area contributed by atoms with Gasteiger partial charge in [-0.1, -0.05) is 30.3 Å². The number of nitrogens with one attached hydrogen (secondary N) is 1. The van der Waals surface area contributed by atoms with Crippen LogP contribution in [0.4, 0.5) is 5.69 Å². The van der Waals surface area contributed by atoms with Crippen LogP contribution in [0.25, 0.3) is 0 Å². The number of ether oxygens (including phenoxy) is 2. The quantitative estimate of drug-likeness (QED) is 0.315. The van der Waals surface area contributed by atoms with E-state index in [-0.39, 0.29) is 12.1 Å². The standard InChI is InChI=1S/C23H33N5O2/c1-17(2)28(25)23(24)21(19-11-8-12-20(29-3)22(19)30-4)27-15-13-26(14-16-27)18-9-6-5-7-10-18/h5-12,17,21,24H,13-16,25H2,1-4H3. The first-order valence-electron chi connectivity index (χ1n) is 10.3. The Morgan fingerprint density at radius 3 is 2.20 bits per heavy atom. The Hall–Kier alpha value is -2.77. The van der Waals surface area contributed by atoms with E-state index in [1.807, 2.05) is 38.1 Å². The van der Waals surface area contributed by atoms with E-state index in [0.29, 0.717) is 17.3 Å². The number of nitrogens with two attached hydrogens (primary N) is 1. The molecule has 30 heavy (non-hydrogen) atoms. The second-order valence-corrected chi connectivity index (χ2v) is 7.73. The van der Waals surface area contributed by atoms with Crippen LogP contribution in [0.5, 0.6) is 11.5 Å². The third kappa shape index (κ3) is 4.52. The molecule has 0 bridgehead atoms. The fraction of sp³-hybridized carbons (Fsp3) is 0.435. The highest BCUT2D eigenvalue weighted by atomic mass is 16.5. The van der Waals surface area contributed by atoms with E-state index in [0.717, 1.165) is 31.7 Å². The van der Waals surface area contributed by atoms with E-state index in [2.05, 4.69) is 34.1 Å². The Morgan fingerprint density at radius 1 is 0.967 bits per heavy atom. The molecule has 0 radical (unpaired) electrons. The van der Waals surface area contributed by atoms with Gasteiger partial charge in [-0.15, -0.1) is 0 Å². The molecule has 0 saturated carbocycles. The van der Waals surface area contributed by atoms with Crippen LogP contribution in [0.1, 0.15) is 25.5 Å². The number of methoxy groups -OCH3 is 2. The van der Waals surface area contributed by atoms with E-state index in [1.54, 1.807) is 14.2 Å². The van der Waals surface area contributed by atoms with E-state index >= 15 is 0 Å². The lowest BCUT2D eigenvalue weighted by Gasteiger charge is -2.42. The highest BCUT2D eigenvalue weighted by Gasteiger charge is 2.33. The van der Waals surface area contributed by atoms with Gasteiger partial charge in [0.05, 0.1) is 20.3 Å². The molecule has 0 spiro atoms. The lowest BCUT2D eigenvalue weighted by Crippen LogP contribution is -2.54. The van der Waals surface area contributed by atoms with Gasteiger partial charge >= 0.3 is 0 Å². The van der Waals surface area contributed by atoms with Crippen LogP contribution in [0.3, 0.4) is 0 Å². The summed E-state index contributed by atoms with van der Waals surface area (Å²) in [5.74, 6) is 7.94. The summed E-state index contributed by atoms with van der Waals surface area (Å²) in [6, 6.07) is 16.0. The summed E-state index contributed by atoms with van der Waals surface area (Å²) in [5, 5.41) is 10.5. The molecule has 0 amide bonds. The minimum absolute atomic E-state index is 0.0159. The van der Waals surface area contributed by atoms with Crippen molar-refractivity contribution in [3.05, 3.63) is 54.1 Å². The van der Waals surface area contributed by atoms with Gasteiger partial charge in [-0.3, -0.25) is 15.3 Å². The van der Waals surface area contributed by atoms with Gasteiger partial charge in [0.2, 0.25) is 0 Å². The first-order chi connectivity index (χ1) is 14.5. The second-order valence-electron chi connectivity index (χ2n) is 7.73. The minimum atomic E-state index is -0.319. The summed E-state index contributed by atoms with van der Waals surface area (Å²) in [6.45, 7) is 7.37. The maximum atomic E-state index is 8.92. The predicted octanol–water partition coefficient (Wildman–Crippen LogP) is 3.13. The number of rotatable bonds is 7. The Balaban J connectivity index is 1.91. The highest BCUT2D eigenvalue weighted by Crippen LogP contribution is 2.38. The van der Waals surface area contributed by atoms with Crippen LogP contribution < -0.4 is 20.2 Å². The van der Waals surface area contributed by atoms with Crippen LogP contribution in [0.2, 0.25) is 0 Å². The lowest BCUT2D eigenvalue weighted by molar-refractivity contribution is 0.204. The zero-order valence-corrected chi connectivity index (χ0v) is 18.3. The molecule has 1 unspecified atom stereocenters. The number of benzene rings is 2. The van der Waals surface area contributed by atoms with Crippen molar-refractivity contribution >= 4 is 11.5 Å². The Morgan fingerprint density at radius 2 is 1.63 bits per heavy atom. The summed E-state index contributed by atoms with van der Waals surface area (Å²) >= 11 is 0. The van der Waals surface area contributed by atoms with Gasteiger partial charge in [0.1, 0.15) is 5.84 Å². The SMILES string of the molecule is COc1cccc(C(C(=N)N(N)C(C)C)N2CCN(c3ccccc3)CC2)c1OC. The summed E-state index contributed by atoms with van der Waals surface area (Å²) in [4.78, 5) is 4.68. The summed E-state index contributed by atoms with van der Waals surface area (Å²) < 4.78 is 11.2. The van der Waals surface area contributed by atoms with Crippen molar-refractivity contribution in [3.8, 4) is 11.5 Å². The molecule has 1 aliphatic heterocycles. The van der Waals surface area contributed by atoms with Crippen LogP contribution in [-0.4, -0.2) is 62.2 Å². The smallest absolute Gasteiger partial charge is 0.165 e. The van der Waals surface area contributed by atoms with Gasteiger partial charge < -0.3 is 14.4 Å². The number of hydrogen-bond donors (Lipinski definition) is 2. The molecular weight excluding hydrogens is 378 g/mol. The fourth-order valence-corrected chi connectivity index (χ4v) is 3.94. The number of hydrazine groups is 1. The van der Waals surface area contributed by atoms with Crippen LogP contribution in [0, 0.1) is 5.41 Å². The first kappa shape index (κ1) is 21.9. The van der Waals surface area contributed by atoms with Gasteiger partial charge in [0.15, 0.2) is 11.5 Å². The van der Waals surface area contributed by atoms with Crippen molar-refractivity contribution < 1.29 is 9.47 Å². The molecule has 162 valence electrons. The molecule has 0 aliphatic carbocycles. The number of piperazine rings is 1. The van der Waals surface area contributed by atoms with Crippen molar-refractivity contribution in [1.82, 2.24) is 9.91 Å². The molecule has 2 aromatic carbocycles. The van der Waals surface area contributed by atoms with E-state index in [9.17, 15) is 0 Å². The molecule has 1 aliphatic rings.